The number of rotatable bonds is 7. The highest BCUT2D eigenvalue weighted by Crippen LogP contribution is 2.49. The quantitative estimate of drug-likeness (QED) is 0.349. The van der Waals surface area contributed by atoms with Crippen molar-refractivity contribution in [3.8, 4) is 0 Å². The van der Waals surface area contributed by atoms with E-state index in [0.29, 0.717) is 11.6 Å². The van der Waals surface area contributed by atoms with Crippen LogP contribution in [0.5, 0.6) is 0 Å². The van der Waals surface area contributed by atoms with Crippen LogP contribution in [0, 0.1) is 0 Å². The summed E-state index contributed by atoms with van der Waals surface area (Å²) >= 11 is 0. The molecule has 0 aromatic heterocycles. The van der Waals surface area contributed by atoms with Crippen LogP contribution >= 0.6 is 0 Å². The second-order valence-electron chi connectivity index (χ2n) is 10.5. The number of halogens is 3. The van der Waals surface area contributed by atoms with Gasteiger partial charge in [-0.25, -0.2) is 13.2 Å². The van der Waals surface area contributed by atoms with Crippen LogP contribution in [-0.4, -0.2) is 37.6 Å². The number of sulfonamides is 1. The van der Waals surface area contributed by atoms with E-state index in [2.05, 4.69) is 23.9 Å². The highest BCUT2D eigenvalue weighted by Gasteiger charge is 2.51. The second kappa shape index (κ2) is 12.4. The molecule has 4 rings (SSSR count). The Morgan fingerprint density at radius 3 is 1.87 bits per heavy atom. The van der Waals surface area contributed by atoms with Crippen molar-refractivity contribution >= 4 is 27.6 Å². The lowest BCUT2D eigenvalue weighted by atomic mass is 9.94. The minimum absolute atomic E-state index is 0.128. The molecule has 0 radical (unpaired) electrons. The third kappa shape index (κ3) is 8.20. The summed E-state index contributed by atoms with van der Waals surface area (Å²) < 4.78 is 59.9. The number of hydrogen-bond acceptors (Lipinski definition) is 4. The van der Waals surface area contributed by atoms with Crippen molar-refractivity contribution in [3.63, 3.8) is 0 Å². The van der Waals surface area contributed by atoms with Gasteiger partial charge in [0.25, 0.3) is 10.0 Å². The lowest BCUT2D eigenvalue weighted by molar-refractivity contribution is -0.192. The SMILES string of the molecule is CC(C)c1ccc(S(=O)(=O)Nc2ccc(C3(C(=O)NC4CCCCCC4)CC3)cc2)cc1.O=C(O)C(F)(F)F. The van der Waals surface area contributed by atoms with Crippen LogP contribution in [0.15, 0.2) is 53.4 Å². The molecule has 214 valence electrons. The van der Waals surface area contributed by atoms with Crippen molar-refractivity contribution in [1.82, 2.24) is 5.32 Å². The number of hydrogen-bond donors (Lipinski definition) is 3. The molecular formula is C28H35F3N2O5S. The molecule has 39 heavy (non-hydrogen) atoms. The van der Waals surface area contributed by atoms with Gasteiger partial charge in [0.2, 0.25) is 5.91 Å². The van der Waals surface area contributed by atoms with Gasteiger partial charge in [-0.05, 0) is 67.0 Å². The first-order valence-corrected chi connectivity index (χ1v) is 14.6. The molecule has 2 aliphatic rings. The van der Waals surface area contributed by atoms with E-state index in [1.807, 2.05) is 24.3 Å². The first-order valence-electron chi connectivity index (χ1n) is 13.1. The van der Waals surface area contributed by atoms with Crippen molar-refractivity contribution < 1.29 is 36.3 Å². The fraction of sp³-hybridized carbons (Fsp3) is 0.500. The zero-order chi connectivity index (χ0) is 28.8. The zero-order valence-corrected chi connectivity index (χ0v) is 22.9. The molecule has 0 spiro atoms. The van der Waals surface area contributed by atoms with Crippen LogP contribution in [0.4, 0.5) is 18.9 Å². The van der Waals surface area contributed by atoms with Crippen molar-refractivity contribution in [2.24, 2.45) is 0 Å². The van der Waals surface area contributed by atoms with Gasteiger partial charge in [0.05, 0.1) is 10.3 Å². The minimum Gasteiger partial charge on any atom is -0.475 e. The van der Waals surface area contributed by atoms with E-state index in [9.17, 15) is 26.4 Å². The maximum atomic E-state index is 13.1. The summed E-state index contributed by atoms with van der Waals surface area (Å²) in [4.78, 5) is 22.2. The molecule has 0 saturated heterocycles. The number of carboxylic acids is 1. The van der Waals surface area contributed by atoms with Crippen LogP contribution < -0.4 is 10.0 Å². The lowest BCUT2D eigenvalue weighted by Crippen LogP contribution is -2.41. The average Bonchev–Trinajstić information content (AvgIpc) is 3.70. The Kier molecular flexibility index (Phi) is 9.69. The summed E-state index contributed by atoms with van der Waals surface area (Å²) in [5.41, 5.74) is 2.12. The minimum atomic E-state index is -5.08. The topological polar surface area (TPSA) is 113 Å². The molecule has 0 unspecified atom stereocenters. The number of benzene rings is 2. The monoisotopic (exact) mass is 568 g/mol. The summed E-state index contributed by atoms with van der Waals surface area (Å²) in [5, 5.41) is 10.4. The van der Waals surface area contributed by atoms with E-state index >= 15 is 0 Å². The first kappa shape index (κ1) is 30.5. The molecule has 2 aliphatic carbocycles. The third-order valence-corrected chi connectivity index (χ3v) is 8.56. The van der Waals surface area contributed by atoms with Gasteiger partial charge in [0, 0.05) is 11.7 Å². The molecule has 0 aliphatic heterocycles. The highest BCUT2D eigenvalue weighted by molar-refractivity contribution is 7.92. The van der Waals surface area contributed by atoms with Gasteiger partial charge in [-0.15, -0.1) is 0 Å². The molecule has 0 heterocycles. The van der Waals surface area contributed by atoms with Gasteiger partial charge in [0.1, 0.15) is 0 Å². The molecule has 2 aromatic rings. The molecule has 2 fully saturated rings. The van der Waals surface area contributed by atoms with Gasteiger partial charge in [-0.1, -0.05) is 63.8 Å². The van der Waals surface area contributed by atoms with Gasteiger partial charge >= 0.3 is 12.1 Å². The maximum Gasteiger partial charge on any atom is 0.490 e. The van der Waals surface area contributed by atoms with Crippen LogP contribution in [0.25, 0.3) is 0 Å². The van der Waals surface area contributed by atoms with Crippen LogP contribution in [-0.2, 0) is 25.0 Å². The Balaban J connectivity index is 0.000000532. The standard InChI is InChI=1S/C26H34N2O3S.C2HF3O2/c1-19(2)20-9-15-24(16-10-20)32(30,31)28-23-13-11-21(12-14-23)26(17-18-26)25(29)27-22-7-5-3-4-6-8-22;3-2(4,5)1(6)7/h9-16,19,22,28H,3-8,17-18H2,1-2H3,(H,27,29);(H,6,7). The number of carbonyl (C=O) groups excluding carboxylic acids is 1. The molecule has 0 bridgehead atoms. The molecule has 0 atom stereocenters. The number of alkyl halides is 3. The smallest absolute Gasteiger partial charge is 0.475 e. The summed E-state index contributed by atoms with van der Waals surface area (Å²) in [6, 6.07) is 14.6. The van der Waals surface area contributed by atoms with Gasteiger partial charge in [-0.3, -0.25) is 9.52 Å². The summed E-state index contributed by atoms with van der Waals surface area (Å²) in [5.74, 6) is -2.28. The van der Waals surface area contributed by atoms with Crippen LogP contribution in [0.3, 0.4) is 0 Å². The van der Waals surface area contributed by atoms with Crippen LogP contribution in [0.2, 0.25) is 0 Å². The van der Waals surface area contributed by atoms with Crippen molar-refractivity contribution in [3.05, 3.63) is 59.7 Å². The average molecular weight is 569 g/mol. The van der Waals surface area contributed by atoms with E-state index in [1.54, 1.807) is 24.3 Å². The second-order valence-corrected chi connectivity index (χ2v) is 12.1. The zero-order valence-electron chi connectivity index (χ0n) is 22.1. The normalized spacial score (nSPS) is 17.4. The Hall–Kier alpha value is -3.08. The van der Waals surface area contributed by atoms with Crippen molar-refractivity contribution in [1.29, 1.82) is 0 Å². The number of carboxylic acid groups (broad SMARTS) is 1. The molecule has 7 nitrogen and oxygen atoms in total. The number of aliphatic carboxylic acids is 1. The number of carbonyl (C=O) groups is 2. The summed E-state index contributed by atoms with van der Waals surface area (Å²) in [7, 11) is -3.66. The third-order valence-electron chi connectivity index (χ3n) is 7.16. The predicted molar refractivity (Wildman–Crippen MR) is 142 cm³/mol. The molecule has 3 N–H and O–H groups in total. The van der Waals surface area contributed by atoms with Crippen molar-refractivity contribution in [2.45, 2.75) is 93.7 Å². The van der Waals surface area contributed by atoms with E-state index in [-0.39, 0.29) is 16.8 Å². The number of nitrogens with one attached hydrogen (secondary N) is 2. The summed E-state index contributed by atoms with van der Waals surface area (Å²) in [6.45, 7) is 4.15. The number of anilines is 1. The Labute approximate surface area is 227 Å². The number of amides is 1. The molecule has 2 aromatic carbocycles. The van der Waals surface area contributed by atoms with E-state index in [0.717, 1.165) is 36.8 Å². The molecule has 1 amide bonds. The Bertz CT molecular complexity index is 1230. The maximum absolute atomic E-state index is 13.1. The van der Waals surface area contributed by atoms with E-state index in [4.69, 9.17) is 9.90 Å². The van der Waals surface area contributed by atoms with Gasteiger partial charge < -0.3 is 10.4 Å². The van der Waals surface area contributed by atoms with Gasteiger partial charge in [-0.2, -0.15) is 13.2 Å². The highest BCUT2D eigenvalue weighted by atomic mass is 32.2. The van der Waals surface area contributed by atoms with Crippen molar-refractivity contribution in [2.75, 3.05) is 4.72 Å². The largest absolute Gasteiger partial charge is 0.490 e. The molecular weight excluding hydrogens is 533 g/mol. The summed E-state index contributed by atoms with van der Waals surface area (Å²) in [6.07, 6.45) is 3.65. The van der Waals surface area contributed by atoms with E-state index in [1.165, 1.54) is 25.7 Å². The lowest BCUT2D eigenvalue weighted by Gasteiger charge is -2.22. The fourth-order valence-corrected chi connectivity index (χ4v) is 5.68. The predicted octanol–water partition coefficient (Wildman–Crippen LogP) is 6.11. The van der Waals surface area contributed by atoms with Crippen LogP contribution in [0.1, 0.15) is 82.3 Å². The Morgan fingerprint density at radius 2 is 1.44 bits per heavy atom. The van der Waals surface area contributed by atoms with E-state index < -0.39 is 27.6 Å². The molecule has 11 heteroatoms. The fourth-order valence-electron chi connectivity index (χ4n) is 4.62. The first-order chi connectivity index (χ1) is 18.2. The Morgan fingerprint density at radius 1 is 0.923 bits per heavy atom. The van der Waals surface area contributed by atoms with Gasteiger partial charge in [0.15, 0.2) is 0 Å². The molecule has 2 saturated carbocycles.